The Balaban J connectivity index is 3.37. The van der Waals surface area contributed by atoms with Crippen LogP contribution in [0, 0.1) is 0 Å². The SMILES string of the molecule is CCCC(C)(I)CC. The lowest BCUT2D eigenvalue weighted by molar-refractivity contribution is 0.587. The molecule has 1 unspecified atom stereocenters. The first-order valence-corrected chi connectivity index (χ1v) is 4.39. The van der Waals surface area contributed by atoms with Gasteiger partial charge >= 0.3 is 0 Å². The van der Waals surface area contributed by atoms with Gasteiger partial charge in [-0.1, -0.05) is 49.8 Å². The minimum absolute atomic E-state index is 0.562. The molecule has 0 spiro atoms. The summed E-state index contributed by atoms with van der Waals surface area (Å²) in [5.74, 6) is 0. The van der Waals surface area contributed by atoms with Gasteiger partial charge in [0.2, 0.25) is 0 Å². The fourth-order valence-corrected chi connectivity index (χ4v) is 1.24. The standard InChI is InChI=1S/C7H15I/c1-4-6-7(3,8)5-2/h4-6H2,1-3H3. The summed E-state index contributed by atoms with van der Waals surface area (Å²) in [5, 5.41) is 0. The highest BCUT2D eigenvalue weighted by Gasteiger charge is 2.14. The molecule has 0 aromatic rings. The molecule has 0 saturated heterocycles. The van der Waals surface area contributed by atoms with Crippen molar-refractivity contribution in [2.45, 2.75) is 43.5 Å². The van der Waals surface area contributed by atoms with Crippen molar-refractivity contribution in [1.29, 1.82) is 0 Å². The van der Waals surface area contributed by atoms with Crippen molar-refractivity contribution >= 4 is 22.6 Å². The van der Waals surface area contributed by atoms with E-state index in [1.807, 2.05) is 0 Å². The summed E-state index contributed by atoms with van der Waals surface area (Å²) >= 11 is 2.54. The second-order valence-corrected chi connectivity index (χ2v) is 5.12. The zero-order chi connectivity index (χ0) is 6.62. The van der Waals surface area contributed by atoms with E-state index in [4.69, 9.17) is 0 Å². The molecule has 1 heteroatoms. The van der Waals surface area contributed by atoms with Crippen LogP contribution in [0.5, 0.6) is 0 Å². The van der Waals surface area contributed by atoms with Crippen molar-refractivity contribution in [2.24, 2.45) is 0 Å². The Morgan fingerprint density at radius 1 is 1.38 bits per heavy atom. The largest absolute Gasteiger partial charge is 0.0792 e. The maximum Gasteiger partial charge on any atom is 0.0191 e. The van der Waals surface area contributed by atoms with Gasteiger partial charge in [-0.05, 0) is 12.8 Å². The van der Waals surface area contributed by atoms with E-state index in [1.165, 1.54) is 19.3 Å². The van der Waals surface area contributed by atoms with Crippen molar-refractivity contribution in [1.82, 2.24) is 0 Å². The molecule has 8 heavy (non-hydrogen) atoms. The molecule has 0 amide bonds. The molecule has 0 aromatic heterocycles. The Morgan fingerprint density at radius 3 is 2.00 bits per heavy atom. The fraction of sp³-hybridized carbons (Fsp3) is 1.00. The Bertz CT molecular complexity index is 57.4. The zero-order valence-corrected chi connectivity index (χ0v) is 8.16. The molecule has 0 heterocycles. The smallest absolute Gasteiger partial charge is 0.0191 e. The third kappa shape index (κ3) is 3.70. The van der Waals surface area contributed by atoms with Crippen molar-refractivity contribution < 1.29 is 0 Å². The van der Waals surface area contributed by atoms with E-state index >= 15 is 0 Å². The van der Waals surface area contributed by atoms with Gasteiger partial charge in [0, 0.05) is 3.42 Å². The summed E-state index contributed by atoms with van der Waals surface area (Å²) in [6.07, 6.45) is 3.96. The van der Waals surface area contributed by atoms with Gasteiger partial charge in [0.05, 0.1) is 0 Å². The lowest BCUT2D eigenvalue weighted by Gasteiger charge is -2.18. The molecule has 0 aromatic carbocycles. The molecule has 1 atom stereocenters. The van der Waals surface area contributed by atoms with Crippen molar-refractivity contribution in [3.8, 4) is 0 Å². The summed E-state index contributed by atoms with van der Waals surface area (Å²) in [5.41, 5.74) is 0. The minimum Gasteiger partial charge on any atom is -0.0792 e. The van der Waals surface area contributed by atoms with Gasteiger partial charge in [-0.2, -0.15) is 0 Å². The number of rotatable bonds is 3. The van der Waals surface area contributed by atoms with Gasteiger partial charge in [0.15, 0.2) is 0 Å². The van der Waals surface area contributed by atoms with E-state index in [9.17, 15) is 0 Å². The molecule has 0 saturated carbocycles. The Hall–Kier alpha value is 0.730. The number of hydrogen-bond donors (Lipinski definition) is 0. The van der Waals surface area contributed by atoms with Gasteiger partial charge in [0.1, 0.15) is 0 Å². The van der Waals surface area contributed by atoms with Crippen LogP contribution in [-0.2, 0) is 0 Å². The lowest BCUT2D eigenvalue weighted by atomic mass is 10.0. The lowest BCUT2D eigenvalue weighted by Crippen LogP contribution is -2.11. The van der Waals surface area contributed by atoms with Crippen LogP contribution in [0.15, 0.2) is 0 Å². The van der Waals surface area contributed by atoms with Crippen molar-refractivity contribution in [3.63, 3.8) is 0 Å². The number of halogens is 1. The van der Waals surface area contributed by atoms with E-state index in [2.05, 4.69) is 43.4 Å². The number of hydrogen-bond acceptors (Lipinski definition) is 0. The molecular formula is C7H15I. The van der Waals surface area contributed by atoms with Crippen LogP contribution in [0.4, 0.5) is 0 Å². The van der Waals surface area contributed by atoms with Crippen molar-refractivity contribution in [2.75, 3.05) is 0 Å². The quantitative estimate of drug-likeness (QED) is 0.511. The summed E-state index contributed by atoms with van der Waals surface area (Å²) in [6, 6.07) is 0. The zero-order valence-electron chi connectivity index (χ0n) is 6.00. The topological polar surface area (TPSA) is 0 Å². The van der Waals surface area contributed by atoms with Gasteiger partial charge in [-0.25, -0.2) is 0 Å². The molecule has 0 aliphatic carbocycles. The van der Waals surface area contributed by atoms with Gasteiger partial charge in [-0.15, -0.1) is 0 Å². The van der Waals surface area contributed by atoms with Crippen LogP contribution in [0.25, 0.3) is 0 Å². The summed E-state index contributed by atoms with van der Waals surface area (Å²) in [7, 11) is 0. The Kier molecular flexibility index (Phi) is 4.04. The van der Waals surface area contributed by atoms with Crippen LogP contribution < -0.4 is 0 Å². The molecule has 0 nitrogen and oxygen atoms in total. The highest BCUT2D eigenvalue weighted by Crippen LogP contribution is 2.27. The summed E-state index contributed by atoms with van der Waals surface area (Å²) < 4.78 is 0.562. The van der Waals surface area contributed by atoms with Crippen molar-refractivity contribution in [3.05, 3.63) is 0 Å². The predicted octanol–water partition coefficient (Wildman–Crippen LogP) is 3.39. The van der Waals surface area contributed by atoms with E-state index in [1.54, 1.807) is 0 Å². The van der Waals surface area contributed by atoms with E-state index in [0.29, 0.717) is 3.42 Å². The first-order valence-electron chi connectivity index (χ1n) is 3.31. The molecule has 0 bridgehead atoms. The molecule has 0 aliphatic heterocycles. The Morgan fingerprint density at radius 2 is 1.88 bits per heavy atom. The molecular weight excluding hydrogens is 211 g/mol. The molecule has 0 fully saturated rings. The third-order valence-electron chi connectivity index (χ3n) is 1.51. The molecule has 0 rings (SSSR count). The predicted molar refractivity (Wildman–Crippen MR) is 47.6 cm³/mol. The third-order valence-corrected chi connectivity index (χ3v) is 2.81. The number of alkyl halides is 1. The van der Waals surface area contributed by atoms with Gasteiger partial charge < -0.3 is 0 Å². The maximum absolute atomic E-state index is 2.54. The second kappa shape index (κ2) is 3.70. The molecule has 0 radical (unpaired) electrons. The van der Waals surface area contributed by atoms with E-state index in [0.717, 1.165) is 0 Å². The van der Waals surface area contributed by atoms with E-state index < -0.39 is 0 Å². The van der Waals surface area contributed by atoms with Crippen LogP contribution in [0.1, 0.15) is 40.0 Å². The summed E-state index contributed by atoms with van der Waals surface area (Å²) in [4.78, 5) is 0. The summed E-state index contributed by atoms with van der Waals surface area (Å²) in [6.45, 7) is 6.81. The van der Waals surface area contributed by atoms with Crippen LogP contribution in [0.2, 0.25) is 0 Å². The first-order chi connectivity index (χ1) is 3.62. The van der Waals surface area contributed by atoms with Gasteiger partial charge in [0.25, 0.3) is 0 Å². The molecule has 50 valence electrons. The first kappa shape index (κ1) is 8.73. The highest BCUT2D eigenvalue weighted by molar-refractivity contribution is 14.1. The molecule has 0 N–H and O–H groups in total. The Labute approximate surface area is 66.2 Å². The monoisotopic (exact) mass is 226 g/mol. The van der Waals surface area contributed by atoms with Gasteiger partial charge in [-0.3, -0.25) is 0 Å². The fourth-order valence-electron chi connectivity index (χ4n) is 0.698. The minimum atomic E-state index is 0.562. The highest BCUT2D eigenvalue weighted by atomic mass is 127. The molecule has 0 aliphatic rings. The second-order valence-electron chi connectivity index (χ2n) is 2.52. The van der Waals surface area contributed by atoms with Crippen LogP contribution in [0.3, 0.4) is 0 Å². The maximum atomic E-state index is 2.54. The van der Waals surface area contributed by atoms with E-state index in [-0.39, 0.29) is 0 Å². The van der Waals surface area contributed by atoms with Crippen LogP contribution in [-0.4, -0.2) is 3.42 Å². The normalized spacial score (nSPS) is 18.0. The van der Waals surface area contributed by atoms with Crippen LogP contribution >= 0.6 is 22.6 Å². The average molecular weight is 226 g/mol. The average Bonchev–Trinajstić information content (AvgIpc) is 1.67.